The first-order chi connectivity index (χ1) is 9.10. The molecule has 1 unspecified atom stereocenters. The van der Waals surface area contributed by atoms with Crippen LogP contribution in [-0.4, -0.2) is 21.0 Å². The molecule has 0 aliphatic heterocycles. The van der Waals surface area contributed by atoms with E-state index in [1.165, 1.54) is 6.07 Å². The van der Waals surface area contributed by atoms with Crippen LogP contribution >= 0.6 is 0 Å². The average molecular weight is 262 g/mol. The summed E-state index contributed by atoms with van der Waals surface area (Å²) in [5, 5.41) is 14.4. The number of benzene rings is 1. The summed E-state index contributed by atoms with van der Waals surface area (Å²) in [6.07, 6.45) is 0.210. The molecular formula is C15H19FN2O. The minimum absolute atomic E-state index is 0.262. The maximum Gasteiger partial charge on any atom is 0.126 e. The molecule has 19 heavy (non-hydrogen) atoms. The molecular weight excluding hydrogens is 243 g/mol. The van der Waals surface area contributed by atoms with Crippen molar-refractivity contribution in [1.82, 2.24) is 9.78 Å². The van der Waals surface area contributed by atoms with Gasteiger partial charge in [-0.2, -0.15) is 5.10 Å². The van der Waals surface area contributed by atoms with Crippen LogP contribution in [0.3, 0.4) is 0 Å². The number of aryl methyl sites for hydroxylation is 2. The van der Waals surface area contributed by atoms with Crippen molar-refractivity contribution >= 4 is 0 Å². The predicted octanol–water partition coefficient (Wildman–Crippen LogP) is 2.50. The van der Waals surface area contributed by atoms with E-state index in [0.29, 0.717) is 18.4 Å². The third-order valence-electron chi connectivity index (χ3n) is 3.14. The van der Waals surface area contributed by atoms with Crippen LogP contribution in [0.1, 0.15) is 23.9 Å². The van der Waals surface area contributed by atoms with E-state index in [4.69, 9.17) is 0 Å². The van der Waals surface area contributed by atoms with E-state index in [1.807, 2.05) is 24.6 Å². The number of aliphatic hydroxyl groups is 1. The molecule has 0 aliphatic rings. The number of halogens is 1. The van der Waals surface area contributed by atoms with Gasteiger partial charge in [-0.15, -0.1) is 0 Å². The fraction of sp³-hybridized carbons (Fsp3) is 0.400. The first-order valence-electron chi connectivity index (χ1n) is 6.55. The Kier molecular flexibility index (Phi) is 4.32. The van der Waals surface area contributed by atoms with Crippen molar-refractivity contribution in [3.8, 4) is 0 Å². The second kappa shape index (κ2) is 5.97. The van der Waals surface area contributed by atoms with Crippen LogP contribution < -0.4 is 0 Å². The molecule has 0 bridgehead atoms. The summed E-state index contributed by atoms with van der Waals surface area (Å²) in [5.41, 5.74) is 2.48. The van der Waals surface area contributed by atoms with Crippen molar-refractivity contribution in [2.24, 2.45) is 0 Å². The lowest BCUT2D eigenvalue weighted by Crippen LogP contribution is -2.17. The third-order valence-corrected chi connectivity index (χ3v) is 3.14. The van der Waals surface area contributed by atoms with Gasteiger partial charge in [0.15, 0.2) is 0 Å². The van der Waals surface area contributed by atoms with E-state index in [-0.39, 0.29) is 5.82 Å². The normalized spacial score (nSPS) is 12.6. The van der Waals surface area contributed by atoms with Crippen molar-refractivity contribution in [3.05, 3.63) is 53.1 Å². The summed E-state index contributed by atoms with van der Waals surface area (Å²) in [6.45, 7) is 4.72. The molecule has 1 aromatic heterocycles. The van der Waals surface area contributed by atoms with E-state index in [9.17, 15) is 9.50 Å². The fourth-order valence-electron chi connectivity index (χ4n) is 2.27. The van der Waals surface area contributed by atoms with Gasteiger partial charge in [-0.25, -0.2) is 4.39 Å². The van der Waals surface area contributed by atoms with Crippen molar-refractivity contribution in [1.29, 1.82) is 0 Å². The van der Waals surface area contributed by atoms with Gasteiger partial charge in [0.1, 0.15) is 5.82 Å². The summed E-state index contributed by atoms with van der Waals surface area (Å²) < 4.78 is 15.4. The van der Waals surface area contributed by atoms with Gasteiger partial charge in [0.05, 0.1) is 11.8 Å². The smallest absolute Gasteiger partial charge is 0.126 e. The lowest BCUT2D eigenvalue weighted by atomic mass is 10.0. The van der Waals surface area contributed by atoms with Crippen molar-refractivity contribution in [2.45, 2.75) is 39.3 Å². The Bertz CT molecular complexity index is 551. The maximum absolute atomic E-state index is 13.5. The molecule has 102 valence electrons. The molecule has 1 heterocycles. The molecule has 1 atom stereocenters. The summed E-state index contributed by atoms with van der Waals surface area (Å²) in [4.78, 5) is 0. The van der Waals surface area contributed by atoms with Crippen LogP contribution in [0.15, 0.2) is 30.3 Å². The number of hydrogen-bond donors (Lipinski definition) is 1. The molecule has 1 N–H and O–H groups in total. The molecule has 4 heteroatoms. The number of rotatable bonds is 5. The third kappa shape index (κ3) is 3.41. The lowest BCUT2D eigenvalue weighted by Gasteiger charge is -2.12. The minimum atomic E-state index is -0.599. The molecule has 2 aromatic rings. The first-order valence-corrected chi connectivity index (χ1v) is 6.55. The molecule has 0 aliphatic carbocycles. The van der Waals surface area contributed by atoms with E-state index < -0.39 is 6.10 Å². The highest BCUT2D eigenvalue weighted by Gasteiger charge is 2.13. The Morgan fingerprint density at radius 2 is 2.05 bits per heavy atom. The zero-order valence-electron chi connectivity index (χ0n) is 11.3. The highest BCUT2D eigenvalue weighted by molar-refractivity contribution is 5.19. The summed E-state index contributed by atoms with van der Waals surface area (Å²) in [5.74, 6) is -0.262. The van der Waals surface area contributed by atoms with Crippen molar-refractivity contribution in [2.75, 3.05) is 0 Å². The Morgan fingerprint density at radius 1 is 1.32 bits per heavy atom. The molecule has 0 radical (unpaired) electrons. The summed E-state index contributed by atoms with van der Waals surface area (Å²) in [7, 11) is 0. The highest BCUT2D eigenvalue weighted by Crippen LogP contribution is 2.13. The van der Waals surface area contributed by atoms with E-state index in [2.05, 4.69) is 5.10 Å². The van der Waals surface area contributed by atoms with Gasteiger partial charge >= 0.3 is 0 Å². The molecule has 0 amide bonds. The van der Waals surface area contributed by atoms with Crippen LogP contribution in [0, 0.1) is 12.7 Å². The molecule has 3 nitrogen and oxygen atoms in total. The molecule has 1 aromatic carbocycles. The maximum atomic E-state index is 13.5. The summed E-state index contributed by atoms with van der Waals surface area (Å²) in [6, 6.07) is 8.53. The number of nitrogens with zero attached hydrogens (tertiary/aromatic N) is 2. The average Bonchev–Trinajstić information content (AvgIpc) is 2.72. The number of aliphatic hydroxyl groups excluding tert-OH is 1. The van der Waals surface area contributed by atoms with Gasteiger partial charge in [0, 0.05) is 25.1 Å². The second-order valence-corrected chi connectivity index (χ2v) is 4.75. The Morgan fingerprint density at radius 3 is 2.74 bits per heavy atom. The zero-order chi connectivity index (χ0) is 13.8. The number of aromatic nitrogens is 2. The first kappa shape index (κ1) is 13.7. The molecule has 2 rings (SSSR count). The van der Waals surface area contributed by atoms with Crippen LogP contribution in [0.25, 0.3) is 0 Å². The quantitative estimate of drug-likeness (QED) is 0.899. The largest absolute Gasteiger partial charge is 0.392 e. The van der Waals surface area contributed by atoms with Gasteiger partial charge in [-0.05, 0) is 31.5 Å². The van der Waals surface area contributed by atoms with Crippen LogP contribution in [0.5, 0.6) is 0 Å². The molecule has 0 spiro atoms. The van der Waals surface area contributed by atoms with Gasteiger partial charge in [0.2, 0.25) is 0 Å². The monoisotopic (exact) mass is 262 g/mol. The fourth-order valence-corrected chi connectivity index (χ4v) is 2.27. The zero-order valence-corrected chi connectivity index (χ0v) is 11.3. The van der Waals surface area contributed by atoms with Gasteiger partial charge in [-0.1, -0.05) is 18.2 Å². The second-order valence-electron chi connectivity index (χ2n) is 4.75. The SMILES string of the molecule is CCn1nc(C)cc1CC(O)Cc1ccccc1F. The Labute approximate surface area is 112 Å². The molecule has 0 fully saturated rings. The molecule has 0 saturated heterocycles. The van der Waals surface area contributed by atoms with Gasteiger partial charge in [0.25, 0.3) is 0 Å². The predicted molar refractivity (Wildman–Crippen MR) is 72.5 cm³/mol. The minimum Gasteiger partial charge on any atom is -0.392 e. The van der Waals surface area contributed by atoms with Crippen molar-refractivity contribution in [3.63, 3.8) is 0 Å². The highest BCUT2D eigenvalue weighted by atomic mass is 19.1. The number of hydrogen-bond acceptors (Lipinski definition) is 2. The standard InChI is InChI=1S/C15H19FN2O/c1-3-18-13(8-11(2)17-18)10-14(19)9-12-6-4-5-7-15(12)16/h4-8,14,19H,3,9-10H2,1-2H3. The van der Waals surface area contributed by atoms with Crippen LogP contribution in [-0.2, 0) is 19.4 Å². The van der Waals surface area contributed by atoms with Crippen LogP contribution in [0.2, 0.25) is 0 Å². The van der Waals surface area contributed by atoms with Crippen molar-refractivity contribution < 1.29 is 9.50 Å². The van der Waals surface area contributed by atoms with Crippen LogP contribution in [0.4, 0.5) is 4.39 Å². The van der Waals surface area contributed by atoms with Gasteiger partial charge < -0.3 is 5.11 Å². The van der Waals surface area contributed by atoms with Gasteiger partial charge in [-0.3, -0.25) is 4.68 Å². The Hall–Kier alpha value is -1.68. The van der Waals surface area contributed by atoms with E-state index in [1.54, 1.807) is 18.2 Å². The lowest BCUT2D eigenvalue weighted by molar-refractivity contribution is 0.171. The Balaban J connectivity index is 2.05. The summed E-state index contributed by atoms with van der Waals surface area (Å²) >= 11 is 0. The molecule has 0 saturated carbocycles. The topological polar surface area (TPSA) is 38.0 Å². The van der Waals surface area contributed by atoms with E-state index >= 15 is 0 Å². The van der Waals surface area contributed by atoms with E-state index in [0.717, 1.165) is 17.9 Å².